The Kier molecular flexibility index (Phi) is 6.39. The minimum absolute atomic E-state index is 0.0489. The van der Waals surface area contributed by atoms with Gasteiger partial charge in [0.25, 0.3) is 0 Å². The molecular formula is C25H30O7. The molecule has 7 heteroatoms. The van der Waals surface area contributed by atoms with E-state index in [1.54, 1.807) is 27.7 Å². The van der Waals surface area contributed by atoms with Crippen LogP contribution in [0.15, 0.2) is 21.4 Å². The number of fused-ring (bicyclic) bond motifs is 1. The van der Waals surface area contributed by atoms with Crippen molar-refractivity contribution in [2.45, 2.75) is 66.4 Å². The van der Waals surface area contributed by atoms with Crippen LogP contribution >= 0.6 is 0 Å². The molecule has 2 atom stereocenters. The highest BCUT2D eigenvalue weighted by molar-refractivity contribution is 6.04. The Bertz CT molecular complexity index is 1160. The summed E-state index contributed by atoms with van der Waals surface area (Å²) in [6.07, 6.45) is 0.566. The first-order valence-electron chi connectivity index (χ1n) is 10.8. The fraction of sp³-hybridized carbons (Fsp3) is 0.440. The summed E-state index contributed by atoms with van der Waals surface area (Å²) in [5.41, 5.74) is 0.718. The summed E-state index contributed by atoms with van der Waals surface area (Å²) in [7, 11) is 0. The Labute approximate surface area is 187 Å². The Balaban J connectivity index is 2.26. The van der Waals surface area contributed by atoms with Gasteiger partial charge in [-0.1, -0.05) is 27.4 Å². The monoisotopic (exact) mass is 442 g/mol. The molecule has 1 aliphatic heterocycles. The quantitative estimate of drug-likeness (QED) is 0.432. The zero-order chi connectivity index (χ0) is 23.9. The van der Waals surface area contributed by atoms with Crippen molar-refractivity contribution in [2.75, 3.05) is 0 Å². The number of ketones is 1. The Hall–Kier alpha value is -3.22. The van der Waals surface area contributed by atoms with Crippen molar-refractivity contribution in [1.29, 1.82) is 0 Å². The molecule has 2 aromatic rings. The summed E-state index contributed by atoms with van der Waals surface area (Å²) in [4.78, 5) is 25.6. The molecule has 0 unspecified atom stereocenters. The number of carbonyl (C=O) groups is 1. The second-order valence-corrected chi connectivity index (χ2v) is 8.48. The number of benzene rings is 1. The maximum absolute atomic E-state index is 13.0. The van der Waals surface area contributed by atoms with E-state index in [0.29, 0.717) is 35.3 Å². The molecule has 32 heavy (non-hydrogen) atoms. The van der Waals surface area contributed by atoms with E-state index in [4.69, 9.17) is 9.15 Å². The number of Topliss-reactive ketones (excluding diaryl/α,β-unsaturated/α-hetero) is 1. The third-order valence-electron chi connectivity index (χ3n) is 6.30. The largest absolute Gasteiger partial charge is 0.507 e. The second-order valence-electron chi connectivity index (χ2n) is 8.48. The van der Waals surface area contributed by atoms with Gasteiger partial charge in [-0.3, -0.25) is 4.79 Å². The van der Waals surface area contributed by atoms with Gasteiger partial charge in [-0.15, -0.1) is 0 Å². The summed E-state index contributed by atoms with van der Waals surface area (Å²) in [6.45, 7) is 12.7. The first-order chi connectivity index (χ1) is 15.0. The zero-order valence-electron chi connectivity index (χ0n) is 19.2. The van der Waals surface area contributed by atoms with Crippen LogP contribution in [-0.2, 0) is 19.3 Å². The number of ether oxygens (including phenoxy) is 1. The smallest absolute Gasteiger partial charge is 0.343 e. The van der Waals surface area contributed by atoms with Crippen molar-refractivity contribution in [2.24, 2.45) is 5.92 Å². The van der Waals surface area contributed by atoms with Crippen molar-refractivity contribution in [3.8, 4) is 23.0 Å². The molecular weight excluding hydrogens is 412 g/mol. The van der Waals surface area contributed by atoms with Gasteiger partial charge in [0.15, 0.2) is 5.78 Å². The van der Waals surface area contributed by atoms with Gasteiger partial charge in [-0.25, -0.2) is 4.79 Å². The van der Waals surface area contributed by atoms with Crippen LogP contribution in [0.5, 0.6) is 23.0 Å². The first kappa shape index (κ1) is 23.4. The number of phenols is 2. The third-order valence-corrected chi connectivity index (χ3v) is 6.30. The molecule has 2 heterocycles. The van der Waals surface area contributed by atoms with Crippen molar-refractivity contribution >= 4 is 5.78 Å². The van der Waals surface area contributed by atoms with Gasteiger partial charge in [0.05, 0.1) is 5.56 Å². The summed E-state index contributed by atoms with van der Waals surface area (Å²) in [5, 5.41) is 32.7. The fourth-order valence-corrected chi connectivity index (χ4v) is 3.99. The molecule has 3 N–H and O–H groups in total. The average Bonchev–Trinajstić information content (AvgIpc) is 3.21. The molecule has 1 aliphatic rings. The number of phenolic OH excluding ortho intramolecular Hbond substituents is 2. The molecule has 3 rings (SSSR count). The summed E-state index contributed by atoms with van der Waals surface area (Å²) in [5.74, 6) is -1.24. The zero-order valence-corrected chi connectivity index (χ0v) is 19.2. The van der Waals surface area contributed by atoms with E-state index in [1.807, 2.05) is 6.92 Å². The second kappa shape index (κ2) is 8.73. The van der Waals surface area contributed by atoms with Crippen LogP contribution in [0.2, 0.25) is 0 Å². The highest BCUT2D eigenvalue weighted by Gasteiger charge is 2.36. The van der Waals surface area contributed by atoms with Gasteiger partial charge < -0.3 is 24.5 Å². The van der Waals surface area contributed by atoms with E-state index in [9.17, 15) is 24.9 Å². The van der Waals surface area contributed by atoms with Gasteiger partial charge in [-0.05, 0) is 25.8 Å². The van der Waals surface area contributed by atoms with Crippen LogP contribution in [0.4, 0.5) is 0 Å². The van der Waals surface area contributed by atoms with Gasteiger partial charge in [0, 0.05) is 41.9 Å². The van der Waals surface area contributed by atoms with Crippen LogP contribution in [0.25, 0.3) is 0 Å². The van der Waals surface area contributed by atoms with Crippen molar-refractivity contribution in [1.82, 2.24) is 0 Å². The first-order valence-corrected chi connectivity index (χ1v) is 10.8. The minimum atomic E-state index is -0.726. The highest BCUT2D eigenvalue weighted by atomic mass is 16.5. The molecule has 1 aromatic carbocycles. The standard InChI is InChI=1S/C25H30O7/c1-7-12(5)20(26)19-22(28)14(24-15(23(19)29)10-18(31-24)11(3)4)9-16-21(27)13(6)17(8-2)32-25(16)30/h12,18,27-29H,3,7-10H2,1-2,4-6H3/t12-,18-/m1/s1. The number of aromatic hydroxyl groups is 3. The lowest BCUT2D eigenvalue weighted by Gasteiger charge is -2.18. The molecule has 0 spiro atoms. The van der Waals surface area contributed by atoms with Crippen molar-refractivity contribution < 1.29 is 29.3 Å². The van der Waals surface area contributed by atoms with Gasteiger partial charge in [0.1, 0.15) is 40.4 Å². The normalized spacial score (nSPS) is 15.8. The van der Waals surface area contributed by atoms with Gasteiger partial charge in [0.2, 0.25) is 0 Å². The van der Waals surface area contributed by atoms with E-state index in [1.165, 1.54) is 0 Å². The highest BCUT2D eigenvalue weighted by Crippen LogP contribution is 2.49. The molecule has 0 fully saturated rings. The molecule has 172 valence electrons. The molecule has 0 amide bonds. The Morgan fingerprint density at radius 3 is 2.38 bits per heavy atom. The van der Waals surface area contributed by atoms with E-state index in [2.05, 4.69) is 6.58 Å². The summed E-state index contributed by atoms with van der Waals surface area (Å²) in [6, 6.07) is 0. The van der Waals surface area contributed by atoms with E-state index < -0.39 is 29.2 Å². The topological polar surface area (TPSA) is 117 Å². The Morgan fingerprint density at radius 2 is 1.81 bits per heavy atom. The number of aryl methyl sites for hydroxylation is 1. The molecule has 0 radical (unpaired) electrons. The maximum atomic E-state index is 13.0. The summed E-state index contributed by atoms with van der Waals surface area (Å²) >= 11 is 0. The predicted octanol–water partition coefficient (Wildman–Crippen LogP) is 4.33. The predicted molar refractivity (Wildman–Crippen MR) is 120 cm³/mol. The lowest BCUT2D eigenvalue weighted by Crippen LogP contribution is -2.15. The fourth-order valence-electron chi connectivity index (χ4n) is 3.99. The van der Waals surface area contributed by atoms with Crippen LogP contribution in [0.1, 0.15) is 72.5 Å². The molecule has 1 aromatic heterocycles. The van der Waals surface area contributed by atoms with E-state index in [0.717, 1.165) is 0 Å². The lowest BCUT2D eigenvalue weighted by atomic mass is 9.89. The molecule has 0 aliphatic carbocycles. The van der Waals surface area contributed by atoms with Crippen LogP contribution in [-0.4, -0.2) is 27.2 Å². The van der Waals surface area contributed by atoms with Crippen molar-refractivity contribution in [3.05, 3.63) is 56.1 Å². The third kappa shape index (κ3) is 3.76. The number of hydrogen-bond donors (Lipinski definition) is 3. The molecule has 0 saturated heterocycles. The SMILES string of the molecule is C=C(C)[C@H]1Cc2c(O)c(C(=O)[C@H](C)CC)c(O)c(Cc3c(O)c(C)c(CC)oc3=O)c2O1. The van der Waals surface area contributed by atoms with Crippen LogP contribution < -0.4 is 10.4 Å². The number of carbonyl (C=O) groups excluding carboxylic acids is 1. The summed E-state index contributed by atoms with van der Waals surface area (Å²) < 4.78 is 11.3. The van der Waals surface area contributed by atoms with Crippen LogP contribution in [0.3, 0.4) is 0 Å². The maximum Gasteiger partial charge on any atom is 0.343 e. The molecule has 0 bridgehead atoms. The van der Waals surface area contributed by atoms with Gasteiger partial charge >= 0.3 is 5.63 Å². The Morgan fingerprint density at radius 1 is 1.16 bits per heavy atom. The molecule has 7 nitrogen and oxygen atoms in total. The average molecular weight is 443 g/mol. The minimum Gasteiger partial charge on any atom is -0.507 e. The van der Waals surface area contributed by atoms with E-state index >= 15 is 0 Å². The van der Waals surface area contributed by atoms with Crippen molar-refractivity contribution in [3.63, 3.8) is 0 Å². The van der Waals surface area contributed by atoms with Crippen LogP contribution in [0, 0.1) is 12.8 Å². The van der Waals surface area contributed by atoms with E-state index in [-0.39, 0.29) is 46.8 Å². The number of rotatable bonds is 7. The number of hydrogen-bond acceptors (Lipinski definition) is 7. The van der Waals surface area contributed by atoms with Gasteiger partial charge in [-0.2, -0.15) is 0 Å². The lowest BCUT2D eigenvalue weighted by molar-refractivity contribution is 0.0921. The molecule has 0 saturated carbocycles.